The molecule has 2 aliphatic rings. The van der Waals surface area contributed by atoms with Gasteiger partial charge in [0.05, 0.1) is 12.0 Å². The maximum atomic E-state index is 12.3. The van der Waals surface area contributed by atoms with Gasteiger partial charge in [-0.15, -0.1) is 0 Å². The van der Waals surface area contributed by atoms with Crippen molar-refractivity contribution in [2.75, 3.05) is 33.2 Å². The summed E-state index contributed by atoms with van der Waals surface area (Å²) in [5.74, 6) is -0.0830. The Bertz CT molecular complexity index is 598. The molecule has 1 unspecified atom stereocenters. The fraction of sp³-hybridized carbons (Fsp3) is 0.588. The molecular weight excluding hydrogens is 292 g/mol. The number of pyridine rings is 1. The molecular formula is C17H24N4O2. The highest BCUT2D eigenvalue weighted by Crippen LogP contribution is 2.24. The van der Waals surface area contributed by atoms with Gasteiger partial charge in [-0.05, 0) is 37.6 Å². The Balaban J connectivity index is 1.46. The Morgan fingerprint density at radius 2 is 2.17 bits per heavy atom. The summed E-state index contributed by atoms with van der Waals surface area (Å²) in [7, 11) is 2.04. The van der Waals surface area contributed by atoms with Crippen LogP contribution in [0.1, 0.15) is 17.5 Å². The average molecular weight is 316 g/mol. The van der Waals surface area contributed by atoms with E-state index in [2.05, 4.69) is 15.2 Å². The lowest BCUT2D eigenvalue weighted by Crippen LogP contribution is -2.58. The fourth-order valence-corrected chi connectivity index (χ4v) is 3.37. The van der Waals surface area contributed by atoms with E-state index in [1.54, 1.807) is 6.20 Å². The normalized spacial score (nSPS) is 22.3. The van der Waals surface area contributed by atoms with Crippen molar-refractivity contribution in [1.82, 2.24) is 20.1 Å². The second-order valence-electron chi connectivity index (χ2n) is 6.67. The Morgan fingerprint density at radius 1 is 1.39 bits per heavy atom. The van der Waals surface area contributed by atoms with Crippen LogP contribution in [0.25, 0.3) is 0 Å². The van der Waals surface area contributed by atoms with Crippen LogP contribution in [0.4, 0.5) is 0 Å². The summed E-state index contributed by atoms with van der Waals surface area (Å²) in [6.45, 7) is 5.02. The number of nitrogens with zero attached hydrogens (tertiary/aromatic N) is 3. The van der Waals surface area contributed by atoms with E-state index in [0.29, 0.717) is 25.6 Å². The third-order valence-corrected chi connectivity index (χ3v) is 4.84. The molecule has 0 saturated carbocycles. The van der Waals surface area contributed by atoms with Gasteiger partial charge in [-0.2, -0.15) is 0 Å². The number of aromatic nitrogens is 1. The van der Waals surface area contributed by atoms with Crippen LogP contribution in [-0.4, -0.2) is 65.9 Å². The van der Waals surface area contributed by atoms with Crippen molar-refractivity contribution >= 4 is 11.8 Å². The maximum Gasteiger partial charge on any atom is 0.225 e. The van der Waals surface area contributed by atoms with Crippen molar-refractivity contribution in [2.45, 2.75) is 25.8 Å². The second kappa shape index (κ2) is 6.66. The molecule has 6 heteroatoms. The van der Waals surface area contributed by atoms with Crippen LogP contribution < -0.4 is 5.32 Å². The molecule has 0 bridgehead atoms. The number of carbonyl (C=O) groups is 2. The summed E-state index contributed by atoms with van der Waals surface area (Å²) in [6, 6.07) is 2.28. The van der Waals surface area contributed by atoms with Gasteiger partial charge in [0.1, 0.15) is 0 Å². The molecule has 1 aromatic rings. The van der Waals surface area contributed by atoms with E-state index in [9.17, 15) is 9.59 Å². The zero-order chi connectivity index (χ0) is 16.4. The number of likely N-dealkylation sites (tertiary alicyclic amines) is 2. The third kappa shape index (κ3) is 3.52. The molecule has 1 atom stereocenters. The molecule has 6 nitrogen and oxygen atoms in total. The molecule has 2 aliphatic heterocycles. The molecule has 0 spiro atoms. The average Bonchev–Trinajstić information content (AvgIpc) is 2.87. The number of hydrogen-bond donors (Lipinski definition) is 1. The smallest absolute Gasteiger partial charge is 0.225 e. The summed E-state index contributed by atoms with van der Waals surface area (Å²) >= 11 is 0. The number of nitrogens with one attached hydrogen (secondary N) is 1. The van der Waals surface area contributed by atoms with E-state index < -0.39 is 0 Å². The van der Waals surface area contributed by atoms with E-state index in [1.807, 2.05) is 31.1 Å². The van der Waals surface area contributed by atoms with Gasteiger partial charge in [0.25, 0.3) is 0 Å². The number of carbonyl (C=O) groups excluding carboxylic acids is 2. The molecule has 3 rings (SSSR count). The number of likely N-dealkylation sites (N-methyl/N-ethyl adjacent to an activating group) is 1. The molecule has 0 aliphatic carbocycles. The SMILES string of the molecule is Cc1cnccc1CCNC(=O)C1CC(=O)N(C2CN(C)C2)C1. The van der Waals surface area contributed by atoms with Crippen molar-refractivity contribution in [3.63, 3.8) is 0 Å². The highest BCUT2D eigenvalue weighted by Gasteiger charge is 2.41. The molecule has 2 amide bonds. The van der Waals surface area contributed by atoms with Crippen LogP contribution in [0.15, 0.2) is 18.5 Å². The first-order chi connectivity index (χ1) is 11.0. The minimum absolute atomic E-state index is 0.000220. The van der Waals surface area contributed by atoms with Gasteiger partial charge in [0.15, 0.2) is 0 Å². The summed E-state index contributed by atoms with van der Waals surface area (Å²) in [5.41, 5.74) is 2.33. The maximum absolute atomic E-state index is 12.3. The standard InChI is InChI=1S/C17H24N4O2/c1-12-8-18-5-3-13(12)4-6-19-17(23)14-7-16(22)21(9-14)15-10-20(2)11-15/h3,5,8,14-15H,4,6-7,9-11H2,1-2H3,(H,19,23). The van der Waals surface area contributed by atoms with Crippen LogP contribution in [-0.2, 0) is 16.0 Å². The van der Waals surface area contributed by atoms with Crippen LogP contribution in [0, 0.1) is 12.8 Å². The first kappa shape index (κ1) is 15.9. The predicted molar refractivity (Wildman–Crippen MR) is 86.8 cm³/mol. The number of amides is 2. The number of hydrogen-bond acceptors (Lipinski definition) is 4. The molecule has 2 fully saturated rings. The minimum atomic E-state index is -0.202. The van der Waals surface area contributed by atoms with E-state index in [0.717, 1.165) is 25.1 Å². The quantitative estimate of drug-likeness (QED) is 0.843. The second-order valence-corrected chi connectivity index (χ2v) is 6.67. The Labute approximate surface area is 136 Å². The van der Waals surface area contributed by atoms with E-state index >= 15 is 0 Å². The van der Waals surface area contributed by atoms with E-state index in [4.69, 9.17) is 0 Å². The Hall–Kier alpha value is -1.95. The number of aryl methyl sites for hydroxylation is 1. The van der Waals surface area contributed by atoms with Crippen molar-refractivity contribution in [1.29, 1.82) is 0 Å². The Kier molecular flexibility index (Phi) is 4.61. The molecule has 124 valence electrons. The third-order valence-electron chi connectivity index (χ3n) is 4.84. The topological polar surface area (TPSA) is 65.5 Å². The molecule has 1 aromatic heterocycles. The first-order valence-corrected chi connectivity index (χ1v) is 8.20. The van der Waals surface area contributed by atoms with Crippen LogP contribution in [0.3, 0.4) is 0 Å². The molecule has 0 aromatic carbocycles. The molecule has 23 heavy (non-hydrogen) atoms. The molecule has 0 radical (unpaired) electrons. The van der Waals surface area contributed by atoms with Gasteiger partial charge in [0.2, 0.25) is 11.8 Å². The zero-order valence-corrected chi connectivity index (χ0v) is 13.8. The summed E-state index contributed by atoms with van der Waals surface area (Å²) in [5, 5.41) is 2.98. The summed E-state index contributed by atoms with van der Waals surface area (Å²) in [4.78, 5) is 32.5. The highest BCUT2D eigenvalue weighted by molar-refractivity contribution is 5.89. The van der Waals surface area contributed by atoms with Gasteiger partial charge in [-0.1, -0.05) is 0 Å². The lowest BCUT2D eigenvalue weighted by atomic mass is 10.1. The largest absolute Gasteiger partial charge is 0.355 e. The number of rotatable bonds is 5. The Morgan fingerprint density at radius 3 is 2.87 bits per heavy atom. The van der Waals surface area contributed by atoms with Gasteiger partial charge in [-0.3, -0.25) is 14.6 Å². The van der Waals surface area contributed by atoms with Crippen molar-refractivity contribution in [3.8, 4) is 0 Å². The molecule has 2 saturated heterocycles. The predicted octanol–water partition coefficient (Wildman–Crippen LogP) is 0.211. The van der Waals surface area contributed by atoms with Crippen LogP contribution >= 0.6 is 0 Å². The van der Waals surface area contributed by atoms with Gasteiger partial charge >= 0.3 is 0 Å². The minimum Gasteiger partial charge on any atom is -0.355 e. The van der Waals surface area contributed by atoms with Crippen molar-refractivity contribution in [3.05, 3.63) is 29.6 Å². The van der Waals surface area contributed by atoms with Gasteiger partial charge in [0, 0.05) is 45.0 Å². The summed E-state index contributed by atoms with van der Waals surface area (Å²) in [6.07, 6.45) is 4.74. The highest BCUT2D eigenvalue weighted by atomic mass is 16.2. The molecule has 1 N–H and O–H groups in total. The van der Waals surface area contributed by atoms with Gasteiger partial charge in [-0.25, -0.2) is 0 Å². The van der Waals surface area contributed by atoms with Crippen LogP contribution in [0.5, 0.6) is 0 Å². The van der Waals surface area contributed by atoms with Crippen molar-refractivity contribution in [2.24, 2.45) is 5.92 Å². The fourth-order valence-electron chi connectivity index (χ4n) is 3.37. The zero-order valence-electron chi connectivity index (χ0n) is 13.8. The first-order valence-electron chi connectivity index (χ1n) is 8.20. The van der Waals surface area contributed by atoms with E-state index in [-0.39, 0.29) is 17.7 Å². The van der Waals surface area contributed by atoms with Gasteiger partial charge < -0.3 is 15.1 Å². The lowest BCUT2D eigenvalue weighted by Gasteiger charge is -2.42. The van der Waals surface area contributed by atoms with Crippen molar-refractivity contribution < 1.29 is 9.59 Å². The lowest BCUT2D eigenvalue weighted by molar-refractivity contribution is -0.132. The monoisotopic (exact) mass is 316 g/mol. The van der Waals surface area contributed by atoms with Crippen LogP contribution in [0.2, 0.25) is 0 Å². The van der Waals surface area contributed by atoms with E-state index in [1.165, 1.54) is 5.56 Å². The molecule has 3 heterocycles. The summed E-state index contributed by atoms with van der Waals surface area (Å²) < 4.78 is 0.